The highest BCUT2D eigenvalue weighted by molar-refractivity contribution is 9.10. The second-order valence-corrected chi connectivity index (χ2v) is 5.73. The average Bonchev–Trinajstić information content (AvgIpc) is 2.58. The number of nitrogens with zero attached hydrogens (tertiary/aromatic N) is 1. The zero-order valence-electron chi connectivity index (χ0n) is 9.92. The lowest BCUT2D eigenvalue weighted by Crippen LogP contribution is -2.27. The second kappa shape index (κ2) is 3.90. The number of hydrogen-bond acceptors (Lipinski definition) is 1. The normalized spacial score (nSPS) is 12.3. The molecule has 1 heterocycles. The number of nitrogens with two attached hydrogens (primary N) is 1. The number of benzene rings is 1. The highest BCUT2D eigenvalue weighted by Crippen LogP contribution is 2.34. The van der Waals surface area contributed by atoms with Gasteiger partial charge in [-0.05, 0) is 27.6 Å². The van der Waals surface area contributed by atoms with Gasteiger partial charge in [-0.2, -0.15) is 0 Å². The molecule has 0 atom stereocenters. The largest absolute Gasteiger partial charge is 0.349 e. The third kappa shape index (κ3) is 1.68. The van der Waals surface area contributed by atoms with Crippen LogP contribution < -0.4 is 5.73 Å². The summed E-state index contributed by atoms with van der Waals surface area (Å²) in [6.07, 6.45) is 2.18. The van der Waals surface area contributed by atoms with E-state index in [2.05, 4.69) is 65.8 Å². The first kappa shape index (κ1) is 11.7. The smallest absolute Gasteiger partial charge is 0.0625 e. The van der Waals surface area contributed by atoms with Crippen molar-refractivity contribution in [1.82, 2.24) is 4.57 Å². The third-order valence-electron chi connectivity index (χ3n) is 3.19. The van der Waals surface area contributed by atoms with Crippen LogP contribution in [0.15, 0.2) is 28.9 Å². The van der Waals surface area contributed by atoms with Gasteiger partial charge in [-0.3, -0.25) is 0 Å². The van der Waals surface area contributed by atoms with Gasteiger partial charge >= 0.3 is 0 Å². The highest BCUT2D eigenvalue weighted by atomic mass is 79.9. The van der Waals surface area contributed by atoms with Crippen LogP contribution in [0.5, 0.6) is 0 Å². The molecule has 2 N–H and O–H groups in total. The van der Waals surface area contributed by atoms with Crippen molar-refractivity contribution < 1.29 is 0 Å². The maximum absolute atomic E-state index is 5.86. The van der Waals surface area contributed by atoms with E-state index in [1.165, 1.54) is 16.5 Å². The fraction of sp³-hybridized carbons (Fsp3) is 0.385. The molecule has 86 valence electrons. The summed E-state index contributed by atoms with van der Waals surface area (Å²) >= 11 is 3.60. The van der Waals surface area contributed by atoms with Gasteiger partial charge in [-0.25, -0.2) is 0 Å². The van der Waals surface area contributed by atoms with E-state index in [1.54, 1.807) is 0 Å². The van der Waals surface area contributed by atoms with Gasteiger partial charge in [-0.1, -0.05) is 26.0 Å². The van der Waals surface area contributed by atoms with Crippen LogP contribution in [0.3, 0.4) is 0 Å². The van der Waals surface area contributed by atoms with Crippen LogP contribution in [0.25, 0.3) is 10.9 Å². The molecule has 0 aliphatic heterocycles. The molecule has 0 unspecified atom stereocenters. The van der Waals surface area contributed by atoms with Gasteiger partial charge in [0.05, 0.1) is 5.52 Å². The van der Waals surface area contributed by atoms with Gasteiger partial charge in [0.2, 0.25) is 0 Å². The molecule has 0 saturated heterocycles. The highest BCUT2D eigenvalue weighted by Gasteiger charge is 2.23. The minimum Gasteiger partial charge on any atom is -0.349 e. The summed E-state index contributed by atoms with van der Waals surface area (Å²) < 4.78 is 3.29. The summed E-state index contributed by atoms with van der Waals surface area (Å²) in [5.41, 5.74) is 8.42. The number of fused-ring (bicyclic) bond motifs is 1. The van der Waals surface area contributed by atoms with Gasteiger partial charge in [0.25, 0.3) is 0 Å². The van der Waals surface area contributed by atoms with Crippen LogP contribution in [-0.4, -0.2) is 11.1 Å². The molecule has 3 heteroatoms. The predicted octanol–water partition coefficient (Wildman–Crippen LogP) is 3.18. The van der Waals surface area contributed by atoms with E-state index >= 15 is 0 Å². The molecule has 1 aromatic carbocycles. The first-order valence-corrected chi connectivity index (χ1v) is 6.21. The van der Waals surface area contributed by atoms with Gasteiger partial charge in [-0.15, -0.1) is 0 Å². The maximum atomic E-state index is 5.86. The van der Waals surface area contributed by atoms with E-state index < -0.39 is 0 Å². The standard InChI is InChI=1S/C13H17BrN2/c1-13(2,8-15)10-7-16(3)12-9(10)5-4-6-11(12)14/h4-7H,8,15H2,1-3H3. The molecule has 0 fully saturated rings. The first-order chi connectivity index (χ1) is 7.47. The lowest BCUT2D eigenvalue weighted by atomic mass is 9.85. The Bertz CT molecular complexity index is 526. The molecule has 0 amide bonds. The van der Waals surface area contributed by atoms with Crippen molar-refractivity contribution in [2.24, 2.45) is 12.8 Å². The van der Waals surface area contributed by atoms with E-state index in [9.17, 15) is 0 Å². The SMILES string of the molecule is Cn1cc(C(C)(C)CN)c2cccc(Br)c21. The zero-order valence-corrected chi connectivity index (χ0v) is 11.5. The summed E-state index contributed by atoms with van der Waals surface area (Å²) in [6.45, 7) is 5.02. The molecular weight excluding hydrogens is 264 g/mol. The molecule has 2 rings (SSSR count). The van der Waals surface area contributed by atoms with Crippen LogP contribution in [0.1, 0.15) is 19.4 Å². The van der Waals surface area contributed by atoms with Crippen molar-refractivity contribution in [3.63, 3.8) is 0 Å². The monoisotopic (exact) mass is 280 g/mol. The van der Waals surface area contributed by atoms with Gasteiger partial charge < -0.3 is 10.3 Å². The molecule has 0 aliphatic rings. The van der Waals surface area contributed by atoms with E-state index in [0.717, 1.165) is 4.47 Å². The molecule has 2 nitrogen and oxygen atoms in total. The molecule has 0 bridgehead atoms. The van der Waals surface area contributed by atoms with E-state index in [4.69, 9.17) is 5.73 Å². The number of aromatic nitrogens is 1. The molecule has 16 heavy (non-hydrogen) atoms. The Morgan fingerprint density at radius 2 is 2.06 bits per heavy atom. The van der Waals surface area contributed by atoms with E-state index in [1.807, 2.05) is 0 Å². The summed E-state index contributed by atoms with van der Waals surface area (Å²) in [4.78, 5) is 0. The molecule has 2 aromatic rings. The second-order valence-electron chi connectivity index (χ2n) is 4.88. The van der Waals surface area contributed by atoms with Gasteiger partial charge in [0.15, 0.2) is 0 Å². The Kier molecular flexibility index (Phi) is 2.84. The lowest BCUT2D eigenvalue weighted by Gasteiger charge is -2.21. The predicted molar refractivity (Wildman–Crippen MR) is 72.7 cm³/mol. The fourth-order valence-corrected chi connectivity index (χ4v) is 2.71. The number of hydrogen-bond donors (Lipinski definition) is 1. The van der Waals surface area contributed by atoms with Crippen molar-refractivity contribution in [1.29, 1.82) is 0 Å². The first-order valence-electron chi connectivity index (χ1n) is 5.41. The minimum atomic E-state index is 0.0142. The Hall–Kier alpha value is -0.800. The summed E-state index contributed by atoms with van der Waals surface area (Å²) in [6, 6.07) is 6.30. The van der Waals surface area contributed by atoms with Crippen molar-refractivity contribution in [2.75, 3.05) is 6.54 Å². The summed E-state index contributed by atoms with van der Waals surface area (Å²) in [5, 5.41) is 1.28. The van der Waals surface area contributed by atoms with Gasteiger partial charge in [0, 0.05) is 35.1 Å². The maximum Gasteiger partial charge on any atom is 0.0625 e. The summed E-state index contributed by atoms with van der Waals surface area (Å²) in [5.74, 6) is 0. The van der Waals surface area contributed by atoms with Crippen LogP contribution >= 0.6 is 15.9 Å². The minimum absolute atomic E-state index is 0.0142. The molecular formula is C13H17BrN2. The molecule has 0 spiro atoms. The van der Waals surface area contributed by atoms with Crippen molar-refractivity contribution in [2.45, 2.75) is 19.3 Å². The topological polar surface area (TPSA) is 30.9 Å². The van der Waals surface area contributed by atoms with Crippen LogP contribution in [0.2, 0.25) is 0 Å². The van der Waals surface area contributed by atoms with Crippen LogP contribution in [-0.2, 0) is 12.5 Å². The van der Waals surface area contributed by atoms with Crippen LogP contribution in [0, 0.1) is 0 Å². The summed E-state index contributed by atoms with van der Waals surface area (Å²) in [7, 11) is 2.07. The van der Waals surface area contributed by atoms with Crippen molar-refractivity contribution >= 4 is 26.8 Å². The number of halogens is 1. The van der Waals surface area contributed by atoms with Crippen molar-refractivity contribution in [3.05, 3.63) is 34.4 Å². The van der Waals surface area contributed by atoms with Gasteiger partial charge in [0.1, 0.15) is 0 Å². The third-order valence-corrected chi connectivity index (χ3v) is 3.83. The average molecular weight is 281 g/mol. The Labute approximate surface area is 105 Å². The van der Waals surface area contributed by atoms with E-state index in [0.29, 0.717) is 6.54 Å². The van der Waals surface area contributed by atoms with Crippen LogP contribution in [0.4, 0.5) is 0 Å². The quantitative estimate of drug-likeness (QED) is 0.900. The molecule has 0 saturated carbocycles. The molecule has 0 aliphatic carbocycles. The zero-order chi connectivity index (χ0) is 11.9. The molecule has 1 aromatic heterocycles. The Morgan fingerprint density at radius 3 is 2.69 bits per heavy atom. The Morgan fingerprint density at radius 1 is 1.38 bits per heavy atom. The number of para-hydroxylation sites is 1. The van der Waals surface area contributed by atoms with Crippen molar-refractivity contribution in [3.8, 4) is 0 Å². The Balaban J connectivity index is 2.79. The van der Waals surface area contributed by atoms with E-state index in [-0.39, 0.29) is 5.41 Å². The number of aryl methyl sites for hydroxylation is 1. The molecule has 0 radical (unpaired) electrons. The lowest BCUT2D eigenvalue weighted by molar-refractivity contribution is 0.542. The number of rotatable bonds is 2. The fourth-order valence-electron chi connectivity index (χ4n) is 2.07.